The zero-order valence-electron chi connectivity index (χ0n) is 13.5. The summed E-state index contributed by atoms with van der Waals surface area (Å²) in [5.74, 6) is 0.146. The predicted molar refractivity (Wildman–Crippen MR) is 103 cm³/mol. The summed E-state index contributed by atoms with van der Waals surface area (Å²) in [5.41, 5.74) is 5.07. The van der Waals surface area contributed by atoms with Crippen molar-refractivity contribution in [2.24, 2.45) is 0 Å². The molecule has 9 heteroatoms. The second kappa shape index (κ2) is 10.1. The highest BCUT2D eigenvalue weighted by Crippen LogP contribution is 2.27. The zero-order chi connectivity index (χ0) is 18.9. The van der Waals surface area contributed by atoms with Gasteiger partial charge in [0.15, 0.2) is 0 Å². The first-order chi connectivity index (χ1) is 12.4. The van der Waals surface area contributed by atoms with E-state index in [1.165, 1.54) is 0 Å². The van der Waals surface area contributed by atoms with Crippen LogP contribution < -0.4 is 20.9 Å². The van der Waals surface area contributed by atoms with E-state index in [0.29, 0.717) is 39.5 Å². The maximum absolute atomic E-state index is 11.7. The number of hydrogen-bond acceptors (Lipinski definition) is 3. The van der Waals surface area contributed by atoms with Gasteiger partial charge in [-0.05, 0) is 42.8 Å². The van der Waals surface area contributed by atoms with Gasteiger partial charge in [-0.25, -0.2) is 10.2 Å². The molecular weight excluding hydrogens is 401 g/mol. The maximum Gasteiger partial charge on any atom is 0.337 e. The Morgan fingerprint density at radius 2 is 1.73 bits per heavy atom. The second-order valence-electron chi connectivity index (χ2n) is 5.16. The molecule has 3 N–H and O–H groups in total. The van der Waals surface area contributed by atoms with Crippen LogP contribution in [0.3, 0.4) is 0 Å². The Labute approximate surface area is 165 Å². The smallest absolute Gasteiger partial charge is 0.337 e. The molecule has 138 valence electrons. The molecule has 0 aliphatic carbocycles. The molecule has 0 spiro atoms. The molecule has 0 aliphatic heterocycles. The third kappa shape index (κ3) is 7.00. The van der Waals surface area contributed by atoms with Crippen LogP contribution in [-0.2, 0) is 4.79 Å². The molecule has 0 atom stereocenters. The van der Waals surface area contributed by atoms with Crippen LogP contribution in [0.15, 0.2) is 42.5 Å². The SMILES string of the molecule is O=C(CCCOc1ccc(Cl)cc1Cl)NNC(=O)Nc1cccc(Cl)c1. The van der Waals surface area contributed by atoms with Crippen molar-refractivity contribution in [1.82, 2.24) is 10.9 Å². The standard InChI is InChI=1S/C17H16Cl3N3O3/c18-11-3-1-4-13(9-11)21-17(25)23-22-16(24)5-2-8-26-15-7-6-12(19)10-14(15)20/h1,3-4,6-7,9-10H,2,5,8H2,(H,22,24)(H2,21,23,25). The third-order valence-electron chi connectivity index (χ3n) is 3.10. The number of benzene rings is 2. The molecule has 3 amide bonds. The van der Waals surface area contributed by atoms with E-state index in [4.69, 9.17) is 39.5 Å². The van der Waals surface area contributed by atoms with Gasteiger partial charge in [0, 0.05) is 22.2 Å². The fourth-order valence-electron chi connectivity index (χ4n) is 1.92. The molecule has 0 radical (unpaired) electrons. The van der Waals surface area contributed by atoms with Crippen molar-refractivity contribution in [2.45, 2.75) is 12.8 Å². The summed E-state index contributed by atoms with van der Waals surface area (Å²) < 4.78 is 5.48. The van der Waals surface area contributed by atoms with Crippen molar-refractivity contribution < 1.29 is 14.3 Å². The van der Waals surface area contributed by atoms with Gasteiger partial charge in [0.05, 0.1) is 11.6 Å². The Hall–Kier alpha value is -2.15. The number of amides is 3. The summed E-state index contributed by atoms with van der Waals surface area (Å²) in [6.45, 7) is 0.295. The number of carbonyl (C=O) groups is 2. The molecule has 0 aromatic heterocycles. The van der Waals surface area contributed by atoms with Crippen molar-refractivity contribution in [2.75, 3.05) is 11.9 Å². The number of ether oxygens (including phenoxy) is 1. The molecule has 0 aliphatic rings. The van der Waals surface area contributed by atoms with E-state index in [-0.39, 0.29) is 12.3 Å². The van der Waals surface area contributed by atoms with Crippen molar-refractivity contribution in [3.05, 3.63) is 57.5 Å². The minimum Gasteiger partial charge on any atom is -0.492 e. The monoisotopic (exact) mass is 415 g/mol. The minimum atomic E-state index is -0.579. The highest BCUT2D eigenvalue weighted by atomic mass is 35.5. The average Bonchev–Trinajstić information content (AvgIpc) is 2.58. The van der Waals surface area contributed by atoms with Crippen molar-refractivity contribution >= 4 is 52.4 Å². The van der Waals surface area contributed by atoms with Gasteiger partial charge >= 0.3 is 6.03 Å². The number of hydrogen-bond donors (Lipinski definition) is 3. The lowest BCUT2D eigenvalue weighted by Crippen LogP contribution is -2.43. The van der Waals surface area contributed by atoms with Crippen LogP contribution in [0.25, 0.3) is 0 Å². The van der Waals surface area contributed by atoms with E-state index < -0.39 is 6.03 Å². The topological polar surface area (TPSA) is 79.5 Å². The van der Waals surface area contributed by atoms with Gasteiger partial charge in [0.25, 0.3) is 0 Å². The molecule has 2 aromatic carbocycles. The molecule has 0 heterocycles. The van der Waals surface area contributed by atoms with Crippen LogP contribution in [0.1, 0.15) is 12.8 Å². The summed E-state index contributed by atoms with van der Waals surface area (Å²) in [6.07, 6.45) is 0.616. The fraction of sp³-hybridized carbons (Fsp3) is 0.176. The molecule has 0 bridgehead atoms. The normalized spacial score (nSPS) is 10.1. The number of urea groups is 1. The lowest BCUT2D eigenvalue weighted by Gasteiger charge is -2.10. The quantitative estimate of drug-likeness (QED) is 0.473. The second-order valence-corrected chi connectivity index (χ2v) is 6.44. The maximum atomic E-state index is 11.7. The molecule has 0 unspecified atom stereocenters. The van der Waals surface area contributed by atoms with Gasteiger partial charge in [0.1, 0.15) is 5.75 Å². The van der Waals surface area contributed by atoms with Gasteiger partial charge in [-0.3, -0.25) is 10.2 Å². The van der Waals surface area contributed by atoms with Gasteiger partial charge < -0.3 is 10.1 Å². The van der Waals surface area contributed by atoms with Crippen molar-refractivity contribution in [3.8, 4) is 5.75 Å². The lowest BCUT2D eigenvalue weighted by atomic mass is 10.3. The Morgan fingerprint density at radius 3 is 2.46 bits per heavy atom. The van der Waals surface area contributed by atoms with Crippen LogP contribution in [0.5, 0.6) is 5.75 Å². The summed E-state index contributed by atoms with van der Waals surface area (Å²) in [4.78, 5) is 23.4. The van der Waals surface area contributed by atoms with E-state index in [0.717, 1.165) is 0 Å². The van der Waals surface area contributed by atoms with Crippen LogP contribution in [0, 0.1) is 0 Å². The first kappa shape index (κ1) is 20.2. The first-order valence-electron chi connectivity index (χ1n) is 7.63. The van der Waals surface area contributed by atoms with Crippen molar-refractivity contribution in [3.63, 3.8) is 0 Å². The third-order valence-corrected chi connectivity index (χ3v) is 3.86. The van der Waals surface area contributed by atoms with E-state index in [1.54, 1.807) is 42.5 Å². The number of halogens is 3. The molecular formula is C17H16Cl3N3O3. The molecule has 6 nitrogen and oxygen atoms in total. The Balaban J connectivity index is 1.63. The van der Waals surface area contributed by atoms with Crippen LogP contribution >= 0.6 is 34.8 Å². The van der Waals surface area contributed by atoms with E-state index in [2.05, 4.69) is 16.2 Å². The zero-order valence-corrected chi connectivity index (χ0v) is 15.8. The molecule has 2 rings (SSSR count). The molecule has 26 heavy (non-hydrogen) atoms. The van der Waals surface area contributed by atoms with Gasteiger partial charge in [-0.2, -0.15) is 0 Å². The van der Waals surface area contributed by atoms with E-state index >= 15 is 0 Å². The number of carbonyl (C=O) groups excluding carboxylic acids is 2. The molecule has 0 saturated carbocycles. The molecule has 2 aromatic rings. The predicted octanol–water partition coefficient (Wildman–Crippen LogP) is 4.66. The summed E-state index contributed by atoms with van der Waals surface area (Å²) in [6, 6.07) is 11.0. The van der Waals surface area contributed by atoms with Gasteiger partial charge in [-0.1, -0.05) is 40.9 Å². The van der Waals surface area contributed by atoms with Gasteiger partial charge in [0.2, 0.25) is 5.91 Å². The van der Waals surface area contributed by atoms with E-state index in [1.807, 2.05) is 0 Å². The Morgan fingerprint density at radius 1 is 0.962 bits per heavy atom. The molecule has 0 saturated heterocycles. The summed E-state index contributed by atoms with van der Waals surface area (Å²) in [7, 11) is 0. The summed E-state index contributed by atoms with van der Waals surface area (Å²) in [5, 5.41) is 3.95. The largest absolute Gasteiger partial charge is 0.492 e. The Kier molecular flexibility index (Phi) is 7.84. The highest BCUT2D eigenvalue weighted by molar-refractivity contribution is 6.35. The number of hydrazine groups is 1. The van der Waals surface area contributed by atoms with E-state index in [9.17, 15) is 9.59 Å². The van der Waals surface area contributed by atoms with Gasteiger partial charge in [-0.15, -0.1) is 0 Å². The highest BCUT2D eigenvalue weighted by Gasteiger charge is 2.06. The summed E-state index contributed by atoms with van der Waals surface area (Å²) >= 11 is 17.6. The fourth-order valence-corrected chi connectivity index (χ4v) is 2.58. The lowest BCUT2D eigenvalue weighted by molar-refractivity contribution is -0.122. The Bertz CT molecular complexity index is 787. The number of nitrogens with one attached hydrogen (secondary N) is 3. The first-order valence-corrected chi connectivity index (χ1v) is 8.76. The minimum absolute atomic E-state index is 0.169. The molecule has 0 fully saturated rings. The average molecular weight is 417 g/mol. The van der Waals surface area contributed by atoms with Crippen LogP contribution in [0.4, 0.5) is 10.5 Å². The number of anilines is 1. The van der Waals surface area contributed by atoms with Crippen molar-refractivity contribution in [1.29, 1.82) is 0 Å². The number of rotatable bonds is 6. The van der Waals surface area contributed by atoms with Crippen LogP contribution in [-0.4, -0.2) is 18.5 Å². The van der Waals surface area contributed by atoms with Crippen LogP contribution in [0.2, 0.25) is 15.1 Å².